The summed E-state index contributed by atoms with van der Waals surface area (Å²) < 4.78 is 24.2. The van der Waals surface area contributed by atoms with Gasteiger partial charge in [-0.15, -0.1) is 0 Å². The summed E-state index contributed by atoms with van der Waals surface area (Å²) in [5.41, 5.74) is 8.43. The lowest BCUT2D eigenvalue weighted by atomic mass is 10.0. The molecule has 3 aromatic heterocycles. The molecular weight excluding hydrogens is 565 g/mol. The van der Waals surface area contributed by atoms with E-state index in [1.807, 2.05) is 6.07 Å². The fourth-order valence-corrected chi connectivity index (χ4v) is 5.67. The SMILES string of the molecule is Cn1cc(Nc2nc(N)nc(-c3cccc(-n4ccc5cc(C6CC6)cc(F)c5c4=O)c3COC(=O)[C@@H]3CCCN3)n2)cn1. The lowest BCUT2D eigenvalue weighted by Crippen LogP contribution is -2.32. The molecule has 7 rings (SSSR count). The van der Waals surface area contributed by atoms with Gasteiger partial charge in [0.15, 0.2) is 5.82 Å². The van der Waals surface area contributed by atoms with Gasteiger partial charge in [-0.05, 0) is 67.3 Å². The lowest BCUT2D eigenvalue weighted by molar-refractivity contribution is -0.147. The third-order valence-corrected chi connectivity index (χ3v) is 8.00. The van der Waals surface area contributed by atoms with Crippen LogP contribution in [0.5, 0.6) is 0 Å². The standard InChI is InChI=1S/C31H30FN9O3/c1-40-15-20(14-35-40)36-31-38-27(37-30(33)39-31)21-4-2-6-25(22(21)16-44-29(43)24-5-3-10-34-24)41-11-9-18-12-19(17-7-8-17)13-23(32)26(18)28(41)42/h2,4,6,9,11-15,17,24,34H,3,5,7-8,10,16H2,1H3,(H3,33,36,37,38,39)/t24-/m0/s1. The Balaban J connectivity index is 1.34. The summed E-state index contributed by atoms with van der Waals surface area (Å²) in [5, 5.41) is 10.9. The number of fused-ring (bicyclic) bond motifs is 1. The number of hydrogen-bond donors (Lipinski definition) is 3. The minimum Gasteiger partial charge on any atom is -0.460 e. The quantitative estimate of drug-likeness (QED) is 0.226. The third kappa shape index (κ3) is 5.37. The maximum atomic E-state index is 15.4. The zero-order valence-electron chi connectivity index (χ0n) is 24.0. The van der Waals surface area contributed by atoms with Gasteiger partial charge in [-0.25, -0.2) is 4.39 Å². The molecular formula is C31H30FN9O3. The molecule has 2 aromatic carbocycles. The van der Waals surface area contributed by atoms with Crippen LogP contribution in [0.3, 0.4) is 0 Å². The number of rotatable bonds is 8. The van der Waals surface area contributed by atoms with Crippen molar-refractivity contribution >= 4 is 34.3 Å². The Morgan fingerprint density at radius 3 is 2.80 bits per heavy atom. The van der Waals surface area contributed by atoms with E-state index in [1.165, 1.54) is 10.6 Å². The normalized spacial score (nSPS) is 16.4. The van der Waals surface area contributed by atoms with E-state index < -0.39 is 23.4 Å². The number of halogens is 1. The van der Waals surface area contributed by atoms with Gasteiger partial charge in [0.05, 0.1) is 23.0 Å². The Hall–Kier alpha value is -5.17. The van der Waals surface area contributed by atoms with Gasteiger partial charge < -0.3 is 21.1 Å². The third-order valence-electron chi connectivity index (χ3n) is 8.00. The fourth-order valence-electron chi connectivity index (χ4n) is 5.67. The van der Waals surface area contributed by atoms with Gasteiger partial charge in [-0.3, -0.25) is 18.8 Å². The van der Waals surface area contributed by atoms with Crippen molar-refractivity contribution in [2.75, 3.05) is 17.6 Å². The van der Waals surface area contributed by atoms with Gasteiger partial charge in [0, 0.05) is 30.6 Å². The van der Waals surface area contributed by atoms with Crippen molar-refractivity contribution in [1.82, 2.24) is 34.6 Å². The Morgan fingerprint density at radius 1 is 1.18 bits per heavy atom. The van der Waals surface area contributed by atoms with Crippen LogP contribution in [0.2, 0.25) is 0 Å². The number of benzene rings is 2. The van der Waals surface area contributed by atoms with Crippen LogP contribution in [-0.4, -0.2) is 47.9 Å². The molecule has 5 aromatic rings. The average molecular weight is 596 g/mol. The van der Waals surface area contributed by atoms with Crippen LogP contribution >= 0.6 is 0 Å². The van der Waals surface area contributed by atoms with Gasteiger partial charge in [0.1, 0.15) is 18.5 Å². The zero-order chi connectivity index (χ0) is 30.4. The average Bonchev–Trinajstić information content (AvgIpc) is 3.55. The van der Waals surface area contributed by atoms with Crippen molar-refractivity contribution in [3.63, 3.8) is 0 Å². The first kappa shape index (κ1) is 27.7. The second-order valence-corrected chi connectivity index (χ2v) is 11.2. The predicted molar refractivity (Wildman–Crippen MR) is 162 cm³/mol. The number of nitrogen functional groups attached to an aromatic ring is 1. The van der Waals surface area contributed by atoms with Gasteiger partial charge in [0.2, 0.25) is 11.9 Å². The minimum atomic E-state index is -0.559. The molecule has 2 fully saturated rings. The van der Waals surface area contributed by atoms with Crippen LogP contribution in [0.4, 0.5) is 22.0 Å². The number of nitrogens with two attached hydrogens (primary N) is 1. The Labute approximate surface area is 251 Å². The molecule has 0 radical (unpaired) electrons. The number of aromatic nitrogens is 6. The van der Waals surface area contributed by atoms with E-state index in [0.29, 0.717) is 40.2 Å². The summed E-state index contributed by atoms with van der Waals surface area (Å²) in [6.45, 7) is 0.548. The summed E-state index contributed by atoms with van der Waals surface area (Å²) in [6.07, 6.45) is 8.57. The fraction of sp³-hybridized carbons (Fsp3) is 0.290. The first-order valence-electron chi connectivity index (χ1n) is 14.5. The van der Waals surface area contributed by atoms with Gasteiger partial charge in [-0.2, -0.15) is 20.1 Å². The Morgan fingerprint density at radius 2 is 2.05 bits per heavy atom. The van der Waals surface area contributed by atoms with Gasteiger partial charge >= 0.3 is 5.97 Å². The van der Waals surface area contributed by atoms with E-state index in [4.69, 9.17) is 10.5 Å². The van der Waals surface area contributed by atoms with Crippen molar-refractivity contribution in [1.29, 1.82) is 0 Å². The molecule has 13 heteroatoms. The first-order valence-corrected chi connectivity index (χ1v) is 14.5. The number of pyridine rings is 1. The highest BCUT2D eigenvalue weighted by atomic mass is 19.1. The number of hydrogen-bond acceptors (Lipinski definition) is 10. The van der Waals surface area contributed by atoms with Crippen LogP contribution in [0, 0.1) is 5.82 Å². The molecule has 12 nitrogen and oxygen atoms in total. The number of esters is 1. The molecule has 0 amide bonds. The number of anilines is 3. The molecule has 1 aliphatic heterocycles. The number of aryl methyl sites for hydroxylation is 1. The maximum absolute atomic E-state index is 15.4. The summed E-state index contributed by atoms with van der Waals surface area (Å²) in [7, 11) is 1.78. The van der Waals surface area contributed by atoms with Crippen LogP contribution in [0.25, 0.3) is 27.8 Å². The Kier molecular flexibility index (Phi) is 7.01. The highest BCUT2D eigenvalue weighted by molar-refractivity contribution is 5.84. The van der Waals surface area contributed by atoms with Crippen molar-refractivity contribution < 1.29 is 13.9 Å². The molecule has 1 atom stereocenters. The van der Waals surface area contributed by atoms with E-state index in [1.54, 1.807) is 54.6 Å². The molecule has 224 valence electrons. The summed E-state index contributed by atoms with van der Waals surface area (Å²) in [5.74, 6) is -0.279. The second kappa shape index (κ2) is 11.2. The van der Waals surface area contributed by atoms with E-state index >= 15 is 4.39 Å². The molecule has 0 unspecified atom stereocenters. The molecule has 4 N–H and O–H groups in total. The molecule has 1 saturated heterocycles. The molecule has 0 spiro atoms. The van der Waals surface area contributed by atoms with Crippen LogP contribution in [-0.2, 0) is 23.2 Å². The van der Waals surface area contributed by atoms with E-state index in [0.717, 1.165) is 31.4 Å². The van der Waals surface area contributed by atoms with Crippen LogP contribution in [0.15, 0.2) is 59.8 Å². The predicted octanol–water partition coefficient (Wildman–Crippen LogP) is 3.71. The smallest absolute Gasteiger partial charge is 0.323 e. The molecule has 1 saturated carbocycles. The molecule has 1 aliphatic carbocycles. The zero-order valence-corrected chi connectivity index (χ0v) is 24.0. The largest absolute Gasteiger partial charge is 0.460 e. The van der Waals surface area contributed by atoms with Crippen LogP contribution < -0.4 is 21.9 Å². The lowest BCUT2D eigenvalue weighted by Gasteiger charge is -2.18. The topological polar surface area (TPSA) is 155 Å². The number of carbonyl (C=O) groups is 1. The van der Waals surface area contributed by atoms with Crippen molar-refractivity contribution in [2.45, 2.75) is 44.2 Å². The molecule has 4 heterocycles. The first-order chi connectivity index (χ1) is 21.3. The monoisotopic (exact) mass is 595 g/mol. The highest BCUT2D eigenvalue weighted by Crippen LogP contribution is 2.41. The number of nitrogens with zero attached hydrogens (tertiary/aromatic N) is 6. The second-order valence-electron chi connectivity index (χ2n) is 11.2. The van der Waals surface area contributed by atoms with E-state index in [2.05, 4.69) is 30.7 Å². The Bertz CT molecular complexity index is 1960. The van der Waals surface area contributed by atoms with Gasteiger partial charge in [0.25, 0.3) is 5.56 Å². The number of ether oxygens (including phenoxy) is 1. The van der Waals surface area contributed by atoms with Crippen molar-refractivity contribution in [3.8, 4) is 17.1 Å². The van der Waals surface area contributed by atoms with Crippen LogP contribution in [0.1, 0.15) is 42.7 Å². The number of carbonyl (C=O) groups excluding carboxylic acids is 1. The highest BCUT2D eigenvalue weighted by Gasteiger charge is 2.27. The summed E-state index contributed by atoms with van der Waals surface area (Å²) >= 11 is 0. The van der Waals surface area contributed by atoms with Crippen molar-refractivity contribution in [3.05, 3.63) is 82.3 Å². The summed E-state index contributed by atoms with van der Waals surface area (Å²) in [4.78, 5) is 39.9. The summed E-state index contributed by atoms with van der Waals surface area (Å²) in [6, 6.07) is 9.86. The minimum absolute atomic E-state index is 0.00670. The van der Waals surface area contributed by atoms with E-state index in [-0.39, 0.29) is 29.7 Å². The maximum Gasteiger partial charge on any atom is 0.323 e. The molecule has 2 aliphatic rings. The molecule has 44 heavy (non-hydrogen) atoms. The number of nitrogens with one attached hydrogen (secondary N) is 2. The van der Waals surface area contributed by atoms with Gasteiger partial charge in [-0.1, -0.05) is 18.2 Å². The van der Waals surface area contributed by atoms with Crippen molar-refractivity contribution in [2.24, 2.45) is 7.05 Å². The molecule has 0 bridgehead atoms. The van der Waals surface area contributed by atoms with E-state index in [9.17, 15) is 9.59 Å².